The number of anilines is 1. The van der Waals surface area contributed by atoms with Crippen LogP contribution in [0, 0.1) is 19.7 Å². The first-order valence-corrected chi connectivity index (χ1v) is 8.63. The summed E-state index contributed by atoms with van der Waals surface area (Å²) in [6, 6.07) is 12.6. The fourth-order valence-electron chi connectivity index (χ4n) is 3.17. The molecule has 26 heavy (non-hydrogen) atoms. The Bertz CT molecular complexity index is 760. The Hall–Kier alpha value is -2.27. The van der Waals surface area contributed by atoms with E-state index in [0.717, 1.165) is 18.7 Å². The van der Waals surface area contributed by atoms with Gasteiger partial charge in [0.25, 0.3) is 0 Å². The molecular formula is C20H25ClFN3O. The van der Waals surface area contributed by atoms with E-state index in [1.165, 1.54) is 28.9 Å². The van der Waals surface area contributed by atoms with Crippen molar-refractivity contribution in [1.29, 1.82) is 0 Å². The first-order valence-electron chi connectivity index (χ1n) is 8.63. The average molecular weight is 378 g/mol. The molecule has 6 heteroatoms. The van der Waals surface area contributed by atoms with Crippen LogP contribution < -0.4 is 10.2 Å². The molecule has 2 aromatic carbocycles. The van der Waals surface area contributed by atoms with Gasteiger partial charge in [-0.3, -0.25) is 0 Å². The van der Waals surface area contributed by atoms with Gasteiger partial charge in [0.1, 0.15) is 5.82 Å². The molecule has 4 nitrogen and oxygen atoms in total. The van der Waals surface area contributed by atoms with E-state index < -0.39 is 0 Å². The van der Waals surface area contributed by atoms with E-state index in [1.807, 2.05) is 11.0 Å². The summed E-state index contributed by atoms with van der Waals surface area (Å²) in [4.78, 5) is 16.5. The number of nitrogens with zero attached hydrogens (tertiary/aromatic N) is 2. The third kappa shape index (κ3) is 4.67. The molecular weight excluding hydrogens is 353 g/mol. The molecule has 1 aliphatic heterocycles. The fourth-order valence-corrected chi connectivity index (χ4v) is 3.17. The predicted molar refractivity (Wildman–Crippen MR) is 106 cm³/mol. The van der Waals surface area contributed by atoms with Gasteiger partial charge in [-0.25, -0.2) is 9.18 Å². The number of piperazine rings is 1. The normalized spacial score (nSPS) is 14.0. The quantitative estimate of drug-likeness (QED) is 0.880. The molecule has 1 saturated heterocycles. The van der Waals surface area contributed by atoms with Gasteiger partial charge >= 0.3 is 6.03 Å². The lowest BCUT2D eigenvalue weighted by Gasteiger charge is -2.37. The Labute approximate surface area is 160 Å². The van der Waals surface area contributed by atoms with E-state index in [0.29, 0.717) is 19.6 Å². The number of benzene rings is 2. The zero-order chi connectivity index (χ0) is 17.8. The predicted octanol–water partition coefficient (Wildman–Crippen LogP) is 3.90. The SMILES string of the molecule is Cc1cccc(N2CCN(C(=O)NCc3cccc(F)c3)CC2)c1C.Cl. The van der Waals surface area contributed by atoms with Crippen molar-refractivity contribution in [1.82, 2.24) is 10.2 Å². The lowest BCUT2D eigenvalue weighted by Crippen LogP contribution is -2.51. The highest BCUT2D eigenvalue weighted by molar-refractivity contribution is 5.85. The molecule has 0 radical (unpaired) electrons. The maximum absolute atomic E-state index is 13.2. The highest BCUT2D eigenvalue weighted by Gasteiger charge is 2.22. The molecule has 0 spiro atoms. The smallest absolute Gasteiger partial charge is 0.317 e. The Morgan fingerprint density at radius 1 is 1.08 bits per heavy atom. The number of halogens is 2. The number of aryl methyl sites for hydroxylation is 1. The van der Waals surface area contributed by atoms with Crippen LogP contribution in [0.3, 0.4) is 0 Å². The van der Waals surface area contributed by atoms with Gasteiger partial charge in [-0.05, 0) is 48.7 Å². The summed E-state index contributed by atoms with van der Waals surface area (Å²) in [6.07, 6.45) is 0. The lowest BCUT2D eigenvalue weighted by atomic mass is 10.1. The van der Waals surface area contributed by atoms with Gasteiger partial charge in [0.15, 0.2) is 0 Å². The first kappa shape index (κ1) is 20.0. The van der Waals surface area contributed by atoms with Gasteiger partial charge in [0.05, 0.1) is 0 Å². The molecule has 0 atom stereocenters. The minimum Gasteiger partial charge on any atom is -0.368 e. The van der Waals surface area contributed by atoms with Gasteiger partial charge in [0.2, 0.25) is 0 Å². The van der Waals surface area contributed by atoms with E-state index >= 15 is 0 Å². The number of nitrogens with one attached hydrogen (secondary N) is 1. The van der Waals surface area contributed by atoms with E-state index in [2.05, 4.69) is 42.3 Å². The van der Waals surface area contributed by atoms with Gasteiger partial charge in [-0.2, -0.15) is 0 Å². The van der Waals surface area contributed by atoms with Crippen LogP contribution in [-0.2, 0) is 6.54 Å². The molecule has 1 N–H and O–H groups in total. The number of amides is 2. The number of carbonyl (C=O) groups excluding carboxylic acids is 1. The zero-order valence-electron chi connectivity index (χ0n) is 15.2. The molecule has 1 aliphatic rings. The van der Waals surface area contributed by atoms with E-state index in [9.17, 15) is 9.18 Å². The molecule has 2 amide bonds. The van der Waals surface area contributed by atoms with Crippen molar-refractivity contribution >= 4 is 24.1 Å². The number of hydrogen-bond acceptors (Lipinski definition) is 2. The summed E-state index contributed by atoms with van der Waals surface area (Å²) in [7, 11) is 0. The van der Waals surface area contributed by atoms with Crippen LogP contribution in [-0.4, -0.2) is 37.1 Å². The van der Waals surface area contributed by atoms with Crippen LogP contribution in [0.4, 0.5) is 14.9 Å². The number of carbonyl (C=O) groups is 1. The van der Waals surface area contributed by atoms with Gasteiger partial charge in [0, 0.05) is 38.4 Å². The monoisotopic (exact) mass is 377 g/mol. The fraction of sp³-hybridized carbons (Fsp3) is 0.350. The summed E-state index contributed by atoms with van der Waals surface area (Å²) in [5, 5.41) is 2.87. The summed E-state index contributed by atoms with van der Waals surface area (Å²) >= 11 is 0. The maximum atomic E-state index is 13.2. The molecule has 0 bridgehead atoms. The second-order valence-corrected chi connectivity index (χ2v) is 6.48. The molecule has 0 aliphatic carbocycles. The molecule has 2 aromatic rings. The van der Waals surface area contributed by atoms with Crippen LogP contribution in [0.5, 0.6) is 0 Å². The molecule has 0 aromatic heterocycles. The number of hydrogen-bond donors (Lipinski definition) is 1. The molecule has 3 rings (SSSR count). The molecule has 1 heterocycles. The van der Waals surface area contributed by atoms with E-state index in [-0.39, 0.29) is 24.3 Å². The zero-order valence-corrected chi connectivity index (χ0v) is 16.0. The summed E-state index contributed by atoms with van der Waals surface area (Å²) in [5.41, 5.74) is 4.60. The van der Waals surface area contributed by atoms with Crippen LogP contribution in [0.25, 0.3) is 0 Å². The minimum absolute atomic E-state index is 0. The lowest BCUT2D eigenvalue weighted by molar-refractivity contribution is 0.194. The maximum Gasteiger partial charge on any atom is 0.317 e. The minimum atomic E-state index is -0.283. The van der Waals surface area contributed by atoms with Crippen molar-refractivity contribution in [3.8, 4) is 0 Å². The summed E-state index contributed by atoms with van der Waals surface area (Å²) in [6.45, 7) is 7.60. The van der Waals surface area contributed by atoms with Crippen LogP contribution in [0.1, 0.15) is 16.7 Å². The Kier molecular flexibility index (Phi) is 6.86. The van der Waals surface area contributed by atoms with Gasteiger partial charge in [-0.1, -0.05) is 24.3 Å². The van der Waals surface area contributed by atoms with Gasteiger partial charge < -0.3 is 15.1 Å². The van der Waals surface area contributed by atoms with Crippen molar-refractivity contribution in [2.24, 2.45) is 0 Å². The van der Waals surface area contributed by atoms with Crippen molar-refractivity contribution in [2.75, 3.05) is 31.1 Å². The van der Waals surface area contributed by atoms with Crippen molar-refractivity contribution in [2.45, 2.75) is 20.4 Å². The van der Waals surface area contributed by atoms with Crippen molar-refractivity contribution < 1.29 is 9.18 Å². The van der Waals surface area contributed by atoms with Crippen LogP contribution in [0.15, 0.2) is 42.5 Å². The average Bonchev–Trinajstić information content (AvgIpc) is 2.62. The Morgan fingerprint density at radius 3 is 2.46 bits per heavy atom. The molecule has 140 valence electrons. The number of rotatable bonds is 3. The summed E-state index contributed by atoms with van der Waals surface area (Å²) in [5.74, 6) is -0.283. The van der Waals surface area contributed by atoms with Crippen molar-refractivity contribution in [3.63, 3.8) is 0 Å². The topological polar surface area (TPSA) is 35.6 Å². The third-order valence-corrected chi connectivity index (χ3v) is 4.82. The largest absolute Gasteiger partial charge is 0.368 e. The second-order valence-electron chi connectivity index (χ2n) is 6.48. The Morgan fingerprint density at radius 2 is 1.77 bits per heavy atom. The van der Waals surface area contributed by atoms with E-state index in [1.54, 1.807) is 6.07 Å². The standard InChI is InChI=1S/C20H24FN3O.ClH/c1-15-5-3-8-19(16(15)2)23-9-11-24(12-10-23)20(25)22-14-17-6-4-7-18(21)13-17;/h3-8,13H,9-12,14H2,1-2H3,(H,22,25);1H. The highest BCUT2D eigenvalue weighted by Crippen LogP contribution is 2.23. The third-order valence-electron chi connectivity index (χ3n) is 4.82. The molecule has 0 unspecified atom stereocenters. The van der Waals surface area contributed by atoms with Gasteiger partial charge in [-0.15, -0.1) is 12.4 Å². The Balaban J connectivity index is 0.00000243. The second kappa shape index (κ2) is 8.90. The summed E-state index contributed by atoms with van der Waals surface area (Å²) < 4.78 is 13.2. The highest BCUT2D eigenvalue weighted by atomic mass is 35.5. The van der Waals surface area contributed by atoms with Crippen LogP contribution in [0.2, 0.25) is 0 Å². The first-order chi connectivity index (χ1) is 12.0. The van der Waals surface area contributed by atoms with E-state index in [4.69, 9.17) is 0 Å². The molecule has 1 fully saturated rings. The van der Waals surface area contributed by atoms with Crippen molar-refractivity contribution in [3.05, 3.63) is 65.0 Å². The molecule has 0 saturated carbocycles. The number of urea groups is 1. The van der Waals surface area contributed by atoms with Crippen LogP contribution >= 0.6 is 12.4 Å².